The van der Waals surface area contributed by atoms with E-state index in [1.807, 2.05) is 0 Å². The van der Waals surface area contributed by atoms with Gasteiger partial charge >= 0.3 is 39.5 Å². The van der Waals surface area contributed by atoms with Crippen molar-refractivity contribution in [2.75, 3.05) is 39.6 Å². The van der Waals surface area contributed by atoms with Gasteiger partial charge in [-0.3, -0.25) is 37.3 Å². The number of phosphoric ester groups is 2. The molecular weight excluding hydrogens is 1150 g/mol. The SMILES string of the molecule is CCC(C)CCCCCCCCC(=O)OC[C@H](COP(=O)(O)OC[C@H](O)COP(=O)(O)OC[C@@H](COC(=O)CCCCCCCCC(C)C)OC(=O)CCCCCCCCC(C)CC)OC(=O)CCCCCCCCCCCCCCCCCC(C)C. The Morgan fingerprint density at radius 1 is 0.322 bits per heavy atom. The Balaban J connectivity index is 5.21. The van der Waals surface area contributed by atoms with Gasteiger partial charge in [0.05, 0.1) is 26.4 Å². The van der Waals surface area contributed by atoms with Gasteiger partial charge in [0, 0.05) is 25.7 Å². The summed E-state index contributed by atoms with van der Waals surface area (Å²) >= 11 is 0. The smallest absolute Gasteiger partial charge is 0.462 e. The Labute approximate surface area is 530 Å². The van der Waals surface area contributed by atoms with Gasteiger partial charge in [0.15, 0.2) is 12.2 Å². The van der Waals surface area contributed by atoms with Crippen LogP contribution in [0, 0.1) is 23.7 Å². The van der Waals surface area contributed by atoms with E-state index in [2.05, 4.69) is 55.4 Å². The van der Waals surface area contributed by atoms with Crippen molar-refractivity contribution in [3.05, 3.63) is 0 Å². The van der Waals surface area contributed by atoms with Crippen LogP contribution in [0.5, 0.6) is 0 Å². The molecule has 0 saturated carbocycles. The largest absolute Gasteiger partial charge is 0.472 e. The third kappa shape index (κ3) is 60.1. The Hall–Kier alpha value is -1.94. The van der Waals surface area contributed by atoms with Gasteiger partial charge in [-0.1, -0.05) is 280 Å². The predicted molar refractivity (Wildman–Crippen MR) is 349 cm³/mol. The summed E-state index contributed by atoms with van der Waals surface area (Å²) in [5.74, 6) is 0.795. The highest BCUT2D eigenvalue weighted by Gasteiger charge is 2.30. The second-order valence-corrected chi connectivity index (χ2v) is 28.9. The first-order valence-electron chi connectivity index (χ1n) is 35.3. The lowest BCUT2D eigenvalue weighted by Crippen LogP contribution is -2.30. The zero-order chi connectivity index (χ0) is 64.7. The number of carbonyl (C=O) groups is 4. The molecule has 0 heterocycles. The second kappa shape index (κ2) is 57.9. The van der Waals surface area contributed by atoms with E-state index in [-0.39, 0.29) is 25.7 Å². The summed E-state index contributed by atoms with van der Waals surface area (Å²) in [7, 11) is -9.90. The lowest BCUT2D eigenvalue weighted by molar-refractivity contribution is -0.161. The number of hydrogen-bond acceptors (Lipinski definition) is 15. The van der Waals surface area contributed by atoms with E-state index < -0.39 is 97.5 Å². The fraction of sp³-hybridized carbons (Fsp3) is 0.941. The monoisotopic (exact) mass is 1280 g/mol. The van der Waals surface area contributed by atoms with Gasteiger partial charge in [0.25, 0.3) is 0 Å². The summed E-state index contributed by atoms with van der Waals surface area (Å²) in [5, 5.41) is 10.6. The van der Waals surface area contributed by atoms with Crippen LogP contribution >= 0.6 is 15.6 Å². The molecule has 3 N–H and O–H groups in total. The van der Waals surface area contributed by atoms with Crippen molar-refractivity contribution < 1.29 is 80.2 Å². The van der Waals surface area contributed by atoms with Gasteiger partial charge in [-0.2, -0.15) is 0 Å². The summed E-state index contributed by atoms with van der Waals surface area (Å²) in [4.78, 5) is 72.3. The number of unbranched alkanes of at least 4 members (excludes halogenated alkanes) is 29. The average Bonchev–Trinajstić information content (AvgIpc) is 3.51. The van der Waals surface area contributed by atoms with Crippen LogP contribution in [-0.2, 0) is 65.4 Å². The van der Waals surface area contributed by atoms with Crippen molar-refractivity contribution in [1.82, 2.24) is 0 Å². The number of ether oxygens (including phenoxy) is 4. The molecule has 0 bridgehead atoms. The standard InChI is InChI=1S/C68H132O17P2/c1-9-60(7)46-38-30-23-26-33-41-49-66(71)79-54-63(84-67(72)50-42-34-21-19-17-15-13-11-12-14-16-18-20-28-36-44-58(3)4)56-82-86(74,75)80-52-62(69)53-81-87(76,77)83-57-64(55-78-65(70)48-40-32-25-22-29-37-45-59(5)6)85-68(73)51-43-35-27-24-31-39-47-61(8)10-2/h58-64,69H,9-57H2,1-8H3,(H,74,75)(H,76,77)/t60?,61?,62-,63+,64+/m0/s1. The van der Waals surface area contributed by atoms with Gasteiger partial charge in [-0.15, -0.1) is 0 Å². The Kier molecular flexibility index (Phi) is 56.6. The minimum Gasteiger partial charge on any atom is -0.462 e. The molecule has 0 aliphatic carbocycles. The molecule has 17 nitrogen and oxygen atoms in total. The normalized spacial score (nSPS) is 15.0. The first-order chi connectivity index (χ1) is 41.7. The van der Waals surface area contributed by atoms with Crippen LogP contribution in [0.2, 0.25) is 0 Å². The molecule has 0 radical (unpaired) electrons. The van der Waals surface area contributed by atoms with E-state index in [9.17, 15) is 43.2 Å². The summed E-state index contributed by atoms with van der Waals surface area (Å²) in [5.41, 5.74) is 0. The molecule has 0 aromatic carbocycles. The molecule has 87 heavy (non-hydrogen) atoms. The highest BCUT2D eigenvalue weighted by molar-refractivity contribution is 7.47. The number of esters is 4. The number of aliphatic hydroxyl groups excluding tert-OH is 1. The van der Waals surface area contributed by atoms with Crippen molar-refractivity contribution in [1.29, 1.82) is 0 Å². The molecule has 516 valence electrons. The lowest BCUT2D eigenvalue weighted by Gasteiger charge is -2.21. The topological polar surface area (TPSA) is 237 Å². The number of carbonyl (C=O) groups excluding carboxylic acids is 4. The molecule has 19 heteroatoms. The second-order valence-electron chi connectivity index (χ2n) is 26.0. The lowest BCUT2D eigenvalue weighted by atomic mass is 10.00. The Morgan fingerprint density at radius 2 is 0.552 bits per heavy atom. The Morgan fingerprint density at radius 3 is 0.816 bits per heavy atom. The first-order valence-corrected chi connectivity index (χ1v) is 38.3. The molecule has 0 fully saturated rings. The molecule has 0 aromatic rings. The molecule has 0 spiro atoms. The van der Waals surface area contributed by atoms with Crippen LogP contribution in [-0.4, -0.2) is 96.7 Å². The maximum Gasteiger partial charge on any atom is 0.472 e. The molecule has 4 unspecified atom stereocenters. The first kappa shape index (κ1) is 85.1. The van der Waals surface area contributed by atoms with Gasteiger partial charge in [0.2, 0.25) is 0 Å². The maximum absolute atomic E-state index is 13.0. The van der Waals surface area contributed by atoms with E-state index in [0.717, 1.165) is 120 Å². The molecule has 0 aliphatic rings. The predicted octanol–water partition coefficient (Wildman–Crippen LogP) is 18.9. The zero-order valence-corrected chi connectivity index (χ0v) is 58.4. The highest BCUT2D eigenvalue weighted by Crippen LogP contribution is 2.45. The van der Waals surface area contributed by atoms with Crippen molar-refractivity contribution >= 4 is 39.5 Å². The van der Waals surface area contributed by atoms with E-state index in [4.69, 9.17) is 37.0 Å². The van der Waals surface area contributed by atoms with Crippen molar-refractivity contribution in [3.63, 3.8) is 0 Å². The van der Waals surface area contributed by atoms with E-state index in [1.54, 1.807) is 0 Å². The van der Waals surface area contributed by atoms with Crippen LogP contribution in [0.4, 0.5) is 0 Å². The van der Waals surface area contributed by atoms with Gasteiger partial charge < -0.3 is 33.8 Å². The van der Waals surface area contributed by atoms with Gasteiger partial charge in [-0.05, 0) is 49.4 Å². The van der Waals surface area contributed by atoms with E-state index >= 15 is 0 Å². The van der Waals surface area contributed by atoms with Gasteiger partial charge in [-0.25, -0.2) is 9.13 Å². The fourth-order valence-corrected chi connectivity index (χ4v) is 11.7. The quantitative estimate of drug-likeness (QED) is 0.0222. The van der Waals surface area contributed by atoms with Crippen LogP contribution in [0.15, 0.2) is 0 Å². The van der Waals surface area contributed by atoms with Crippen molar-refractivity contribution in [3.8, 4) is 0 Å². The third-order valence-electron chi connectivity index (χ3n) is 16.3. The minimum atomic E-state index is -4.95. The maximum atomic E-state index is 13.0. The fourth-order valence-electron chi connectivity index (χ4n) is 10.1. The average molecular weight is 1280 g/mol. The summed E-state index contributed by atoms with van der Waals surface area (Å²) in [6.07, 6.45) is 39.2. The van der Waals surface area contributed by atoms with E-state index in [1.165, 1.54) is 122 Å². The number of phosphoric acid groups is 2. The molecule has 0 amide bonds. The van der Waals surface area contributed by atoms with Crippen LogP contribution in [0.1, 0.15) is 331 Å². The molecule has 0 saturated heterocycles. The summed E-state index contributed by atoms with van der Waals surface area (Å²) < 4.78 is 68.1. The number of hydrogen-bond donors (Lipinski definition) is 3. The summed E-state index contributed by atoms with van der Waals surface area (Å²) in [6, 6.07) is 0. The molecule has 0 aliphatic heterocycles. The molecule has 0 aromatic heterocycles. The molecular formula is C68H132O17P2. The van der Waals surface area contributed by atoms with Crippen LogP contribution < -0.4 is 0 Å². The van der Waals surface area contributed by atoms with Crippen molar-refractivity contribution in [2.24, 2.45) is 23.7 Å². The number of rotatable bonds is 65. The van der Waals surface area contributed by atoms with Crippen LogP contribution in [0.25, 0.3) is 0 Å². The minimum absolute atomic E-state index is 0.101. The molecule has 0 rings (SSSR count). The van der Waals surface area contributed by atoms with Gasteiger partial charge in [0.1, 0.15) is 19.3 Å². The highest BCUT2D eigenvalue weighted by atomic mass is 31.2. The molecule has 7 atom stereocenters. The summed E-state index contributed by atoms with van der Waals surface area (Å²) in [6.45, 7) is 14.0. The third-order valence-corrected chi connectivity index (χ3v) is 18.2. The van der Waals surface area contributed by atoms with Crippen molar-refractivity contribution in [2.45, 2.75) is 350 Å². The zero-order valence-electron chi connectivity index (χ0n) is 56.6. The number of aliphatic hydroxyl groups is 1. The Bertz CT molecular complexity index is 1730. The van der Waals surface area contributed by atoms with E-state index in [0.29, 0.717) is 31.6 Å². The van der Waals surface area contributed by atoms with Crippen LogP contribution in [0.3, 0.4) is 0 Å².